The third-order valence-corrected chi connectivity index (χ3v) is 9.46. The Morgan fingerprint density at radius 2 is 2.05 bits per heavy atom. The molecule has 1 aliphatic rings. The monoisotopic (exact) mass is 284 g/mol. The van der Waals surface area contributed by atoms with E-state index in [0.717, 1.165) is 13.2 Å². The van der Waals surface area contributed by atoms with Crippen LogP contribution in [-0.4, -0.2) is 27.6 Å². The van der Waals surface area contributed by atoms with Crippen molar-refractivity contribution < 1.29 is 9.16 Å². The molecule has 1 aliphatic heterocycles. The summed E-state index contributed by atoms with van der Waals surface area (Å²) < 4.78 is 12.3. The summed E-state index contributed by atoms with van der Waals surface area (Å²) in [7, 11) is -1.67. The van der Waals surface area contributed by atoms with Crippen molar-refractivity contribution in [1.82, 2.24) is 0 Å². The first kappa shape index (κ1) is 16.9. The fraction of sp³-hybridized carbons (Fsp3) is 0.875. The van der Waals surface area contributed by atoms with Gasteiger partial charge in [0, 0.05) is 19.1 Å². The van der Waals surface area contributed by atoms with Gasteiger partial charge < -0.3 is 9.16 Å². The van der Waals surface area contributed by atoms with Crippen molar-refractivity contribution in [3.63, 3.8) is 0 Å². The first-order valence-corrected chi connectivity index (χ1v) is 10.5. The van der Waals surface area contributed by atoms with Gasteiger partial charge in [-0.05, 0) is 30.5 Å². The topological polar surface area (TPSA) is 18.5 Å². The quantitative estimate of drug-likeness (QED) is 0.523. The van der Waals surface area contributed by atoms with Gasteiger partial charge in [0.25, 0.3) is 0 Å². The van der Waals surface area contributed by atoms with Crippen molar-refractivity contribution in [2.75, 3.05) is 13.2 Å². The minimum atomic E-state index is -1.67. The molecular formula is C16H32O2Si. The number of hydrogen-bond acceptors (Lipinski definition) is 2. The highest BCUT2D eigenvalue weighted by Gasteiger charge is 2.39. The molecule has 3 atom stereocenters. The molecule has 19 heavy (non-hydrogen) atoms. The zero-order chi connectivity index (χ0) is 14.7. The van der Waals surface area contributed by atoms with Gasteiger partial charge in [-0.2, -0.15) is 0 Å². The van der Waals surface area contributed by atoms with Crippen LogP contribution in [0.1, 0.15) is 40.5 Å². The molecule has 0 aromatic heterocycles. The van der Waals surface area contributed by atoms with E-state index >= 15 is 0 Å². The average Bonchev–Trinajstić information content (AvgIpc) is 2.76. The van der Waals surface area contributed by atoms with Gasteiger partial charge in [0.15, 0.2) is 8.32 Å². The maximum Gasteiger partial charge on any atom is 0.192 e. The van der Waals surface area contributed by atoms with Crippen LogP contribution in [0.3, 0.4) is 0 Å². The maximum absolute atomic E-state index is 6.34. The minimum Gasteiger partial charge on any atom is -0.416 e. The van der Waals surface area contributed by atoms with Gasteiger partial charge in [-0.1, -0.05) is 40.2 Å². The molecule has 0 aromatic carbocycles. The number of hydrogen-bond donors (Lipinski definition) is 0. The first-order valence-electron chi connectivity index (χ1n) is 7.61. The van der Waals surface area contributed by atoms with E-state index in [9.17, 15) is 0 Å². The molecular weight excluding hydrogens is 252 g/mol. The maximum atomic E-state index is 6.34. The second kappa shape index (κ2) is 6.55. The van der Waals surface area contributed by atoms with Crippen LogP contribution in [-0.2, 0) is 9.16 Å². The lowest BCUT2D eigenvalue weighted by Crippen LogP contribution is -2.43. The van der Waals surface area contributed by atoms with Crippen molar-refractivity contribution >= 4 is 8.32 Å². The van der Waals surface area contributed by atoms with Gasteiger partial charge in [0.05, 0.1) is 6.10 Å². The Balaban J connectivity index is 2.61. The molecule has 2 nitrogen and oxygen atoms in total. The van der Waals surface area contributed by atoms with E-state index in [1.807, 2.05) is 6.08 Å². The van der Waals surface area contributed by atoms with E-state index in [0.29, 0.717) is 17.9 Å². The van der Waals surface area contributed by atoms with Gasteiger partial charge in [-0.25, -0.2) is 0 Å². The van der Waals surface area contributed by atoms with Crippen LogP contribution in [0.5, 0.6) is 0 Å². The van der Waals surface area contributed by atoms with Crippen molar-refractivity contribution in [2.24, 2.45) is 11.8 Å². The third-order valence-electron chi connectivity index (χ3n) is 4.96. The second-order valence-corrected chi connectivity index (χ2v) is 12.1. The molecule has 0 aromatic rings. The Labute approximate surface area is 120 Å². The van der Waals surface area contributed by atoms with E-state index in [-0.39, 0.29) is 5.04 Å². The van der Waals surface area contributed by atoms with Gasteiger partial charge in [0.2, 0.25) is 0 Å². The fourth-order valence-corrected chi connectivity index (χ4v) is 3.43. The zero-order valence-electron chi connectivity index (χ0n) is 13.7. The van der Waals surface area contributed by atoms with Crippen molar-refractivity contribution in [2.45, 2.75) is 64.8 Å². The molecule has 0 N–H and O–H groups in total. The molecule has 1 fully saturated rings. The van der Waals surface area contributed by atoms with Crippen LogP contribution >= 0.6 is 0 Å². The lowest BCUT2D eigenvalue weighted by Gasteiger charge is -2.38. The lowest BCUT2D eigenvalue weighted by atomic mass is 9.89. The Morgan fingerprint density at radius 3 is 2.53 bits per heavy atom. The highest BCUT2D eigenvalue weighted by atomic mass is 28.4. The molecule has 0 amide bonds. The van der Waals surface area contributed by atoms with Crippen LogP contribution in [0.25, 0.3) is 0 Å². The first-order chi connectivity index (χ1) is 8.73. The molecule has 1 heterocycles. The summed E-state index contributed by atoms with van der Waals surface area (Å²) in [5.41, 5.74) is 0. The summed E-state index contributed by atoms with van der Waals surface area (Å²) in [6, 6.07) is 0. The second-order valence-electron chi connectivity index (χ2n) is 7.26. The molecule has 1 rings (SSSR count). The standard InChI is InChI=1S/C16H32O2Si/c1-8-13-10-11-17-15(13)14(9-2)12-18-19(6,7)16(3,4)5/h9,13-15H,2,8,10-12H2,1,3-7H3/t13-,14?,15-/m1/s1. The Bertz CT molecular complexity index is 294. The van der Waals surface area contributed by atoms with Gasteiger partial charge in [-0.3, -0.25) is 0 Å². The normalized spacial score (nSPS) is 26.4. The zero-order valence-corrected chi connectivity index (χ0v) is 14.7. The summed E-state index contributed by atoms with van der Waals surface area (Å²) in [5.74, 6) is 1.01. The minimum absolute atomic E-state index is 0.263. The number of rotatable bonds is 6. The van der Waals surface area contributed by atoms with Crippen LogP contribution in [0.4, 0.5) is 0 Å². The van der Waals surface area contributed by atoms with E-state index in [2.05, 4.69) is 47.4 Å². The summed E-state index contributed by atoms with van der Waals surface area (Å²) in [6.07, 6.45) is 4.72. The van der Waals surface area contributed by atoms with Crippen molar-refractivity contribution in [1.29, 1.82) is 0 Å². The van der Waals surface area contributed by atoms with Gasteiger partial charge in [-0.15, -0.1) is 6.58 Å². The van der Waals surface area contributed by atoms with Crippen molar-refractivity contribution in [3.8, 4) is 0 Å². The van der Waals surface area contributed by atoms with E-state index in [4.69, 9.17) is 9.16 Å². The van der Waals surface area contributed by atoms with E-state index in [1.165, 1.54) is 12.8 Å². The number of ether oxygens (including phenoxy) is 1. The smallest absolute Gasteiger partial charge is 0.192 e. The van der Waals surface area contributed by atoms with Gasteiger partial charge >= 0.3 is 0 Å². The van der Waals surface area contributed by atoms with Crippen LogP contribution in [0.15, 0.2) is 12.7 Å². The highest BCUT2D eigenvalue weighted by molar-refractivity contribution is 6.74. The van der Waals surface area contributed by atoms with Crippen LogP contribution in [0.2, 0.25) is 18.1 Å². The Hall–Kier alpha value is -0.123. The molecule has 3 heteroatoms. The molecule has 112 valence electrons. The summed E-state index contributed by atoms with van der Waals surface area (Å²) >= 11 is 0. The Kier molecular flexibility index (Phi) is 5.84. The predicted molar refractivity (Wildman–Crippen MR) is 85.0 cm³/mol. The van der Waals surface area contributed by atoms with Crippen LogP contribution in [0, 0.1) is 11.8 Å². The molecule has 0 spiro atoms. The van der Waals surface area contributed by atoms with Gasteiger partial charge in [0.1, 0.15) is 0 Å². The third kappa shape index (κ3) is 4.17. The fourth-order valence-electron chi connectivity index (χ4n) is 2.38. The molecule has 0 radical (unpaired) electrons. The Morgan fingerprint density at radius 1 is 1.42 bits per heavy atom. The summed E-state index contributed by atoms with van der Waals surface area (Å²) in [4.78, 5) is 0. The SMILES string of the molecule is C=CC(CO[Si](C)(C)C(C)(C)C)[C@@H]1OCC[C@H]1CC. The predicted octanol–water partition coefficient (Wildman–Crippen LogP) is 4.63. The van der Waals surface area contributed by atoms with Crippen molar-refractivity contribution in [3.05, 3.63) is 12.7 Å². The molecule has 1 unspecified atom stereocenters. The summed E-state index contributed by atoms with van der Waals surface area (Å²) in [5, 5.41) is 0.263. The molecule has 0 saturated carbocycles. The molecule has 0 bridgehead atoms. The summed E-state index contributed by atoms with van der Waals surface area (Å²) in [6.45, 7) is 19.4. The average molecular weight is 285 g/mol. The highest BCUT2D eigenvalue weighted by Crippen LogP contribution is 2.38. The van der Waals surface area contributed by atoms with E-state index < -0.39 is 8.32 Å². The largest absolute Gasteiger partial charge is 0.416 e. The molecule has 1 saturated heterocycles. The van der Waals surface area contributed by atoms with E-state index in [1.54, 1.807) is 0 Å². The van der Waals surface area contributed by atoms with Crippen LogP contribution < -0.4 is 0 Å². The molecule has 0 aliphatic carbocycles. The lowest BCUT2D eigenvalue weighted by molar-refractivity contribution is 0.0374.